The molecule has 17 heavy (non-hydrogen) atoms. The van der Waals surface area contributed by atoms with Crippen molar-refractivity contribution in [2.24, 2.45) is 5.10 Å². The molecule has 0 bridgehead atoms. The zero-order valence-corrected chi connectivity index (χ0v) is 9.95. The van der Waals surface area contributed by atoms with Crippen LogP contribution in [0.5, 0.6) is 0 Å². The van der Waals surface area contributed by atoms with Crippen LogP contribution < -0.4 is 5.43 Å². The lowest BCUT2D eigenvalue weighted by Crippen LogP contribution is -2.16. The number of nitrogens with zero attached hydrogens (tertiary/aromatic N) is 1. The smallest absolute Gasteiger partial charge is 0.240 e. The van der Waals surface area contributed by atoms with Crippen molar-refractivity contribution in [1.29, 1.82) is 0 Å². The number of hydrogen-bond donors (Lipinski definition) is 1. The summed E-state index contributed by atoms with van der Waals surface area (Å²) in [5.74, 6) is -0.484. The fourth-order valence-corrected chi connectivity index (χ4v) is 1.35. The Balaban J connectivity index is 2.35. The molecule has 0 saturated carbocycles. The van der Waals surface area contributed by atoms with Crippen molar-refractivity contribution < 1.29 is 9.18 Å². The fourth-order valence-electron chi connectivity index (χ4n) is 1.35. The van der Waals surface area contributed by atoms with E-state index in [9.17, 15) is 9.18 Å². The summed E-state index contributed by atoms with van der Waals surface area (Å²) in [5.41, 5.74) is 2.74. The molecule has 1 aromatic carbocycles. The van der Waals surface area contributed by atoms with Crippen LogP contribution in [-0.2, 0) is 4.79 Å². The first-order chi connectivity index (χ1) is 8.24. The average molecular weight is 236 g/mol. The summed E-state index contributed by atoms with van der Waals surface area (Å²) in [6, 6.07) is 6.27. The number of nitrogens with one attached hydrogen (secondary N) is 1. The normalized spacial score (nSPS) is 10.7. The third-order valence-electron chi connectivity index (χ3n) is 2.31. The minimum Gasteiger partial charge on any atom is -0.273 e. The van der Waals surface area contributed by atoms with E-state index in [2.05, 4.69) is 17.5 Å². The molecule has 3 nitrogen and oxygen atoms in total. The molecular formula is C13H17FN2O. The molecule has 0 spiro atoms. The van der Waals surface area contributed by atoms with E-state index in [1.54, 1.807) is 18.2 Å². The van der Waals surface area contributed by atoms with Gasteiger partial charge in [-0.2, -0.15) is 5.10 Å². The van der Waals surface area contributed by atoms with Crippen molar-refractivity contribution in [3.63, 3.8) is 0 Å². The zero-order valence-electron chi connectivity index (χ0n) is 9.95. The number of carbonyl (C=O) groups is 1. The number of benzene rings is 1. The molecule has 0 saturated heterocycles. The van der Waals surface area contributed by atoms with Crippen molar-refractivity contribution >= 4 is 12.1 Å². The number of unbranched alkanes of at least 4 members (excludes halogenated alkanes) is 2. The third kappa shape index (κ3) is 5.24. The number of hydrazone groups is 1. The largest absolute Gasteiger partial charge is 0.273 e. The van der Waals surface area contributed by atoms with Gasteiger partial charge in [0.25, 0.3) is 0 Å². The van der Waals surface area contributed by atoms with E-state index in [0.717, 1.165) is 19.3 Å². The van der Waals surface area contributed by atoms with E-state index in [4.69, 9.17) is 0 Å². The van der Waals surface area contributed by atoms with Gasteiger partial charge in [-0.1, -0.05) is 38.0 Å². The van der Waals surface area contributed by atoms with Gasteiger partial charge in [0.05, 0.1) is 6.21 Å². The van der Waals surface area contributed by atoms with Gasteiger partial charge >= 0.3 is 0 Å². The molecule has 1 rings (SSSR count). The predicted octanol–water partition coefficient (Wildman–Crippen LogP) is 2.86. The Morgan fingerprint density at radius 2 is 2.18 bits per heavy atom. The molecule has 1 N–H and O–H groups in total. The summed E-state index contributed by atoms with van der Waals surface area (Å²) >= 11 is 0. The SMILES string of the molecule is CCCCCC(=O)N/N=C\c1ccccc1F. The van der Waals surface area contributed by atoms with Gasteiger partial charge in [0.15, 0.2) is 0 Å². The Hall–Kier alpha value is -1.71. The van der Waals surface area contributed by atoms with Gasteiger partial charge in [-0.25, -0.2) is 9.82 Å². The molecule has 4 heteroatoms. The first-order valence-corrected chi connectivity index (χ1v) is 5.80. The van der Waals surface area contributed by atoms with Crippen LogP contribution in [-0.4, -0.2) is 12.1 Å². The molecular weight excluding hydrogens is 219 g/mol. The fraction of sp³-hybridized carbons (Fsp3) is 0.385. The van der Waals surface area contributed by atoms with Gasteiger partial charge < -0.3 is 0 Å². The van der Waals surface area contributed by atoms with Crippen LogP contribution in [0.1, 0.15) is 38.2 Å². The van der Waals surface area contributed by atoms with Gasteiger partial charge in [-0.05, 0) is 12.5 Å². The second-order valence-corrected chi connectivity index (χ2v) is 3.77. The molecule has 1 aromatic rings. The third-order valence-corrected chi connectivity index (χ3v) is 2.31. The first kappa shape index (κ1) is 13.4. The van der Waals surface area contributed by atoms with Gasteiger partial charge in [-0.15, -0.1) is 0 Å². The number of rotatable bonds is 6. The second kappa shape index (κ2) is 7.54. The summed E-state index contributed by atoms with van der Waals surface area (Å²) in [6.07, 6.45) is 4.74. The average Bonchev–Trinajstić information content (AvgIpc) is 2.32. The molecule has 0 aliphatic heterocycles. The lowest BCUT2D eigenvalue weighted by Gasteiger charge is -1.99. The highest BCUT2D eigenvalue weighted by Gasteiger charge is 1.99. The molecule has 0 aliphatic carbocycles. The molecule has 0 atom stereocenters. The minimum atomic E-state index is -0.350. The lowest BCUT2D eigenvalue weighted by atomic mass is 10.2. The molecule has 0 aliphatic rings. The molecule has 0 radical (unpaired) electrons. The number of carbonyl (C=O) groups excluding carboxylic acids is 1. The monoisotopic (exact) mass is 236 g/mol. The Morgan fingerprint density at radius 1 is 1.41 bits per heavy atom. The Kier molecular flexibility index (Phi) is 5.93. The van der Waals surface area contributed by atoms with Gasteiger partial charge in [0.2, 0.25) is 5.91 Å². The Labute approximate surface area is 101 Å². The van der Waals surface area contributed by atoms with Crippen LogP contribution in [0.25, 0.3) is 0 Å². The Morgan fingerprint density at radius 3 is 2.88 bits per heavy atom. The second-order valence-electron chi connectivity index (χ2n) is 3.77. The van der Waals surface area contributed by atoms with E-state index >= 15 is 0 Å². The maximum absolute atomic E-state index is 13.2. The number of amides is 1. The van der Waals surface area contributed by atoms with Crippen LogP contribution in [0.15, 0.2) is 29.4 Å². The van der Waals surface area contributed by atoms with Crippen LogP contribution in [0.2, 0.25) is 0 Å². The number of hydrogen-bond acceptors (Lipinski definition) is 2. The molecule has 1 amide bonds. The van der Waals surface area contributed by atoms with Crippen molar-refractivity contribution in [2.75, 3.05) is 0 Å². The quantitative estimate of drug-likeness (QED) is 0.460. The molecule has 0 unspecified atom stereocenters. The highest BCUT2D eigenvalue weighted by molar-refractivity contribution is 5.82. The van der Waals surface area contributed by atoms with Gasteiger partial charge in [0, 0.05) is 12.0 Å². The zero-order chi connectivity index (χ0) is 12.5. The lowest BCUT2D eigenvalue weighted by molar-refractivity contribution is -0.121. The van der Waals surface area contributed by atoms with Crippen LogP contribution in [0, 0.1) is 5.82 Å². The minimum absolute atomic E-state index is 0.133. The van der Waals surface area contributed by atoms with Crippen molar-refractivity contribution in [2.45, 2.75) is 32.6 Å². The van der Waals surface area contributed by atoms with E-state index in [0.29, 0.717) is 12.0 Å². The maximum Gasteiger partial charge on any atom is 0.240 e. The highest BCUT2D eigenvalue weighted by atomic mass is 19.1. The van der Waals surface area contributed by atoms with Gasteiger partial charge in [-0.3, -0.25) is 4.79 Å². The van der Waals surface area contributed by atoms with Crippen molar-refractivity contribution in [3.05, 3.63) is 35.6 Å². The Bertz CT molecular complexity index is 391. The van der Waals surface area contributed by atoms with E-state index in [1.165, 1.54) is 12.3 Å². The highest BCUT2D eigenvalue weighted by Crippen LogP contribution is 2.02. The maximum atomic E-state index is 13.2. The molecule has 0 fully saturated rings. The predicted molar refractivity (Wildman–Crippen MR) is 66.3 cm³/mol. The van der Waals surface area contributed by atoms with Crippen LogP contribution in [0.3, 0.4) is 0 Å². The molecule has 0 heterocycles. The van der Waals surface area contributed by atoms with E-state index in [1.807, 2.05) is 0 Å². The van der Waals surface area contributed by atoms with E-state index < -0.39 is 0 Å². The summed E-state index contributed by atoms with van der Waals surface area (Å²) in [4.78, 5) is 11.3. The van der Waals surface area contributed by atoms with Crippen LogP contribution in [0.4, 0.5) is 4.39 Å². The van der Waals surface area contributed by atoms with Crippen molar-refractivity contribution in [1.82, 2.24) is 5.43 Å². The van der Waals surface area contributed by atoms with Gasteiger partial charge in [0.1, 0.15) is 5.82 Å². The standard InChI is InChI=1S/C13H17FN2O/c1-2-3-4-9-13(17)16-15-10-11-7-5-6-8-12(11)14/h5-8,10H,2-4,9H2,1H3,(H,16,17)/b15-10-. The first-order valence-electron chi connectivity index (χ1n) is 5.80. The summed E-state index contributed by atoms with van der Waals surface area (Å²) in [7, 11) is 0. The summed E-state index contributed by atoms with van der Waals surface area (Å²) in [5, 5.41) is 3.72. The van der Waals surface area contributed by atoms with Crippen molar-refractivity contribution in [3.8, 4) is 0 Å². The topological polar surface area (TPSA) is 41.5 Å². The molecule has 92 valence electrons. The van der Waals surface area contributed by atoms with Crippen LogP contribution >= 0.6 is 0 Å². The molecule has 0 aromatic heterocycles. The summed E-state index contributed by atoms with van der Waals surface area (Å²) in [6.45, 7) is 2.08. The van der Waals surface area contributed by atoms with E-state index in [-0.39, 0.29) is 11.7 Å². The number of halogens is 1. The summed E-state index contributed by atoms with van der Waals surface area (Å²) < 4.78 is 13.2.